The lowest BCUT2D eigenvalue weighted by molar-refractivity contribution is 0.0694. The van der Waals surface area contributed by atoms with Gasteiger partial charge in [0.1, 0.15) is 12.4 Å². The Balaban J connectivity index is 1.89. The molecule has 0 unspecified atom stereocenters. The third-order valence-electron chi connectivity index (χ3n) is 2.61. The van der Waals surface area contributed by atoms with Crippen molar-refractivity contribution >= 4 is 0 Å². The topological polar surface area (TPSA) is 39.7 Å². The Morgan fingerprint density at radius 2 is 1.95 bits per heavy atom. The molecule has 0 radical (unpaired) electrons. The van der Waals surface area contributed by atoms with Crippen LogP contribution in [0, 0.1) is 6.92 Å². The molecule has 108 valence electrons. The van der Waals surface area contributed by atoms with Crippen molar-refractivity contribution in [3.05, 3.63) is 29.8 Å². The van der Waals surface area contributed by atoms with Crippen LogP contribution in [0.5, 0.6) is 5.75 Å². The average Bonchev–Trinajstić information content (AvgIpc) is 2.41. The smallest absolute Gasteiger partial charge is 0.119 e. The van der Waals surface area contributed by atoms with Gasteiger partial charge in [0.05, 0.1) is 13.2 Å². The normalized spacial score (nSPS) is 10.6. The number of methoxy groups -OCH3 is 1. The van der Waals surface area contributed by atoms with Gasteiger partial charge in [0.15, 0.2) is 0 Å². The summed E-state index contributed by atoms with van der Waals surface area (Å²) in [7, 11) is 1.68. The van der Waals surface area contributed by atoms with E-state index in [4.69, 9.17) is 14.2 Å². The highest BCUT2D eigenvalue weighted by molar-refractivity contribution is 5.27. The summed E-state index contributed by atoms with van der Waals surface area (Å²) in [6, 6.07) is 8.10. The van der Waals surface area contributed by atoms with E-state index < -0.39 is 0 Å². The van der Waals surface area contributed by atoms with Crippen LogP contribution in [-0.4, -0.2) is 46.6 Å². The van der Waals surface area contributed by atoms with Crippen molar-refractivity contribution in [2.75, 3.05) is 46.6 Å². The minimum atomic E-state index is 0.664. The summed E-state index contributed by atoms with van der Waals surface area (Å²) in [4.78, 5) is 0. The molecule has 0 atom stereocenters. The third kappa shape index (κ3) is 8.59. The van der Waals surface area contributed by atoms with E-state index in [-0.39, 0.29) is 0 Å². The van der Waals surface area contributed by atoms with Crippen LogP contribution in [-0.2, 0) is 9.47 Å². The molecular formula is C15H25NO3. The molecule has 1 rings (SSSR count). The predicted octanol–water partition coefficient (Wildman–Crippen LogP) is 2.02. The predicted molar refractivity (Wildman–Crippen MR) is 76.9 cm³/mol. The van der Waals surface area contributed by atoms with E-state index in [1.54, 1.807) is 7.11 Å². The Morgan fingerprint density at radius 1 is 1.05 bits per heavy atom. The van der Waals surface area contributed by atoms with Gasteiger partial charge in [-0.05, 0) is 37.6 Å². The number of hydrogen-bond donors (Lipinski definition) is 1. The fourth-order valence-corrected chi connectivity index (χ4v) is 1.61. The van der Waals surface area contributed by atoms with Crippen molar-refractivity contribution in [3.8, 4) is 5.75 Å². The monoisotopic (exact) mass is 267 g/mol. The number of rotatable bonds is 11. The lowest BCUT2D eigenvalue weighted by Gasteiger charge is -2.08. The number of aryl methyl sites for hydroxylation is 1. The fourth-order valence-electron chi connectivity index (χ4n) is 1.61. The standard InChI is InChI=1S/C15H25NO3/c1-14-5-3-6-15(13-14)19-10-8-16-7-4-9-18-12-11-17-2/h3,5-6,13,16H,4,7-12H2,1-2H3. The largest absolute Gasteiger partial charge is 0.492 e. The molecule has 0 fully saturated rings. The van der Waals surface area contributed by atoms with E-state index in [1.807, 2.05) is 18.2 Å². The summed E-state index contributed by atoms with van der Waals surface area (Å²) in [6.45, 7) is 6.67. The molecule has 0 aromatic heterocycles. The second-order valence-corrected chi connectivity index (χ2v) is 4.37. The van der Waals surface area contributed by atoms with Crippen LogP contribution < -0.4 is 10.1 Å². The molecule has 0 saturated heterocycles. The molecule has 0 bridgehead atoms. The first-order valence-corrected chi connectivity index (χ1v) is 6.80. The molecule has 0 amide bonds. The number of ether oxygens (including phenoxy) is 3. The van der Waals surface area contributed by atoms with Crippen LogP contribution in [0.2, 0.25) is 0 Å². The van der Waals surface area contributed by atoms with Crippen LogP contribution in [0.3, 0.4) is 0 Å². The Kier molecular flexibility index (Phi) is 9.06. The second-order valence-electron chi connectivity index (χ2n) is 4.37. The average molecular weight is 267 g/mol. The van der Waals surface area contributed by atoms with Crippen molar-refractivity contribution in [3.63, 3.8) is 0 Å². The molecule has 0 spiro atoms. The molecule has 0 aliphatic carbocycles. The first-order valence-electron chi connectivity index (χ1n) is 6.80. The molecule has 4 nitrogen and oxygen atoms in total. The van der Waals surface area contributed by atoms with Crippen LogP contribution in [0.15, 0.2) is 24.3 Å². The van der Waals surface area contributed by atoms with Crippen LogP contribution in [0.1, 0.15) is 12.0 Å². The Bertz CT molecular complexity index is 331. The van der Waals surface area contributed by atoms with Crippen molar-refractivity contribution in [2.45, 2.75) is 13.3 Å². The van der Waals surface area contributed by atoms with E-state index in [0.29, 0.717) is 19.8 Å². The first kappa shape index (κ1) is 16.0. The van der Waals surface area contributed by atoms with Gasteiger partial charge in [-0.15, -0.1) is 0 Å². The molecule has 4 heteroatoms. The SMILES string of the molecule is COCCOCCCNCCOc1cccc(C)c1. The van der Waals surface area contributed by atoms with Gasteiger partial charge >= 0.3 is 0 Å². The van der Waals surface area contributed by atoms with E-state index in [1.165, 1.54) is 5.56 Å². The Morgan fingerprint density at radius 3 is 2.74 bits per heavy atom. The highest BCUT2D eigenvalue weighted by Crippen LogP contribution is 2.11. The van der Waals surface area contributed by atoms with Gasteiger partial charge in [0.25, 0.3) is 0 Å². The number of hydrogen-bond acceptors (Lipinski definition) is 4. The van der Waals surface area contributed by atoms with Crippen LogP contribution in [0.4, 0.5) is 0 Å². The summed E-state index contributed by atoms with van der Waals surface area (Å²) in [5, 5.41) is 3.32. The highest BCUT2D eigenvalue weighted by atomic mass is 16.5. The van der Waals surface area contributed by atoms with Gasteiger partial charge in [-0.3, -0.25) is 0 Å². The maximum Gasteiger partial charge on any atom is 0.119 e. The van der Waals surface area contributed by atoms with Gasteiger partial charge < -0.3 is 19.5 Å². The van der Waals surface area contributed by atoms with Crippen LogP contribution in [0.25, 0.3) is 0 Å². The molecule has 0 aliphatic rings. The van der Waals surface area contributed by atoms with Gasteiger partial charge in [-0.2, -0.15) is 0 Å². The summed E-state index contributed by atoms with van der Waals surface area (Å²) >= 11 is 0. The quantitative estimate of drug-likeness (QED) is 0.623. The highest BCUT2D eigenvalue weighted by Gasteiger charge is 1.94. The molecule has 0 heterocycles. The van der Waals surface area contributed by atoms with E-state index in [9.17, 15) is 0 Å². The minimum Gasteiger partial charge on any atom is -0.492 e. The van der Waals surface area contributed by atoms with E-state index in [0.717, 1.165) is 31.9 Å². The Labute approximate surface area is 116 Å². The van der Waals surface area contributed by atoms with E-state index in [2.05, 4.69) is 18.3 Å². The second kappa shape index (κ2) is 10.8. The fraction of sp³-hybridized carbons (Fsp3) is 0.600. The maximum atomic E-state index is 5.64. The lowest BCUT2D eigenvalue weighted by atomic mass is 10.2. The third-order valence-corrected chi connectivity index (χ3v) is 2.61. The molecule has 0 saturated carbocycles. The van der Waals surface area contributed by atoms with Gasteiger partial charge in [-0.25, -0.2) is 0 Å². The summed E-state index contributed by atoms with van der Waals surface area (Å²) in [5.41, 5.74) is 1.22. The summed E-state index contributed by atoms with van der Waals surface area (Å²) in [5.74, 6) is 0.935. The zero-order chi connectivity index (χ0) is 13.8. The van der Waals surface area contributed by atoms with Gasteiger partial charge in [-0.1, -0.05) is 12.1 Å². The number of nitrogens with one attached hydrogen (secondary N) is 1. The van der Waals surface area contributed by atoms with Gasteiger partial charge in [0.2, 0.25) is 0 Å². The van der Waals surface area contributed by atoms with Crippen molar-refractivity contribution in [2.24, 2.45) is 0 Å². The molecular weight excluding hydrogens is 242 g/mol. The van der Waals surface area contributed by atoms with E-state index >= 15 is 0 Å². The van der Waals surface area contributed by atoms with Gasteiger partial charge in [0, 0.05) is 20.3 Å². The zero-order valence-corrected chi connectivity index (χ0v) is 12.0. The maximum absolute atomic E-state index is 5.64. The lowest BCUT2D eigenvalue weighted by Crippen LogP contribution is -2.23. The molecule has 19 heavy (non-hydrogen) atoms. The Hall–Kier alpha value is -1.10. The minimum absolute atomic E-state index is 0.664. The van der Waals surface area contributed by atoms with Crippen molar-refractivity contribution < 1.29 is 14.2 Å². The number of benzene rings is 1. The van der Waals surface area contributed by atoms with Crippen molar-refractivity contribution in [1.82, 2.24) is 5.32 Å². The molecule has 1 N–H and O–H groups in total. The summed E-state index contributed by atoms with van der Waals surface area (Å²) < 4.78 is 15.9. The van der Waals surface area contributed by atoms with Crippen molar-refractivity contribution in [1.29, 1.82) is 0 Å². The molecule has 0 aliphatic heterocycles. The zero-order valence-electron chi connectivity index (χ0n) is 12.0. The molecule has 1 aromatic carbocycles. The summed E-state index contributed by atoms with van der Waals surface area (Å²) in [6.07, 6.45) is 1.01. The molecule has 1 aromatic rings. The van der Waals surface area contributed by atoms with Crippen LogP contribution >= 0.6 is 0 Å². The first-order chi connectivity index (χ1) is 9.33.